The van der Waals surface area contributed by atoms with E-state index in [0.29, 0.717) is 24.8 Å². The van der Waals surface area contributed by atoms with Gasteiger partial charge in [-0.2, -0.15) is 0 Å². The molecule has 6 nitrogen and oxygen atoms in total. The van der Waals surface area contributed by atoms with Gasteiger partial charge >= 0.3 is 0 Å². The van der Waals surface area contributed by atoms with E-state index in [9.17, 15) is 8.42 Å². The molecule has 0 fully saturated rings. The SMILES string of the molecule is COCCNC(=S)NCCc1ccc(S(N)(=O)=O)cc1. The standard InChI is InChI=1S/C12H19N3O3S2/c1-18-9-8-15-12(19)14-7-6-10-2-4-11(5-3-10)20(13,16)17/h2-5H,6-9H2,1H3,(H2,13,16,17)(H2,14,15,19). The topological polar surface area (TPSA) is 93.4 Å². The zero-order chi connectivity index (χ0) is 15.0. The minimum absolute atomic E-state index is 0.117. The van der Waals surface area contributed by atoms with E-state index in [-0.39, 0.29) is 4.90 Å². The second-order valence-corrected chi connectivity index (χ2v) is 6.08. The summed E-state index contributed by atoms with van der Waals surface area (Å²) in [5.41, 5.74) is 1.00. The van der Waals surface area contributed by atoms with Gasteiger partial charge in [0.25, 0.3) is 0 Å². The maximum absolute atomic E-state index is 11.1. The van der Waals surface area contributed by atoms with Gasteiger partial charge in [0.2, 0.25) is 10.0 Å². The summed E-state index contributed by atoms with van der Waals surface area (Å²) >= 11 is 5.08. The summed E-state index contributed by atoms with van der Waals surface area (Å²) in [5, 5.41) is 11.7. The second kappa shape index (κ2) is 8.15. The number of rotatable bonds is 7. The normalized spacial score (nSPS) is 11.1. The lowest BCUT2D eigenvalue weighted by Gasteiger charge is -2.10. The predicted octanol–water partition coefficient (Wildman–Crippen LogP) is -0.0130. The van der Waals surface area contributed by atoms with Gasteiger partial charge in [0.15, 0.2) is 5.11 Å². The molecular weight excluding hydrogens is 298 g/mol. The summed E-state index contributed by atoms with van der Waals surface area (Å²) in [7, 11) is -2.00. The van der Waals surface area contributed by atoms with Gasteiger partial charge in [-0.1, -0.05) is 12.1 Å². The maximum atomic E-state index is 11.1. The first-order valence-corrected chi connectivity index (χ1v) is 8.01. The Morgan fingerprint density at radius 3 is 2.40 bits per heavy atom. The molecule has 0 aliphatic carbocycles. The highest BCUT2D eigenvalue weighted by atomic mass is 32.2. The van der Waals surface area contributed by atoms with Crippen LogP contribution < -0.4 is 15.8 Å². The van der Waals surface area contributed by atoms with Crippen molar-refractivity contribution in [1.82, 2.24) is 10.6 Å². The van der Waals surface area contributed by atoms with Crippen LogP contribution in [0.1, 0.15) is 5.56 Å². The van der Waals surface area contributed by atoms with Crippen LogP contribution >= 0.6 is 12.2 Å². The van der Waals surface area contributed by atoms with Gasteiger partial charge in [0, 0.05) is 20.2 Å². The van der Waals surface area contributed by atoms with E-state index in [1.165, 1.54) is 12.1 Å². The van der Waals surface area contributed by atoms with Gasteiger partial charge in [0.05, 0.1) is 11.5 Å². The van der Waals surface area contributed by atoms with Crippen LogP contribution in [-0.2, 0) is 21.2 Å². The molecule has 1 aromatic carbocycles. The van der Waals surface area contributed by atoms with E-state index < -0.39 is 10.0 Å². The third kappa shape index (κ3) is 6.29. The third-order valence-electron chi connectivity index (χ3n) is 2.54. The van der Waals surface area contributed by atoms with Crippen molar-refractivity contribution in [3.63, 3.8) is 0 Å². The summed E-state index contributed by atoms with van der Waals surface area (Å²) in [6.07, 6.45) is 0.733. The van der Waals surface area contributed by atoms with Gasteiger partial charge < -0.3 is 15.4 Å². The van der Waals surface area contributed by atoms with Crippen molar-refractivity contribution in [1.29, 1.82) is 0 Å². The number of methoxy groups -OCH3 is 1. The number of sulfonamides is 1. The van der Waals surface area contributed by atoms with Crippen LogP contribution in [0.3, 0.4) is 0 Å². The molecule has 0 heterocycles. The first-order chi connectivity index (χ1) is 9.43. The van der Waals surface area contributed by atoms with Gasteiger partial charge in [-0.25, -0.2) is 13.6 Å². The van der Waals surface area contributed by atoms with Gasteiger partial charge in [-0.05, 0) is 36.3 Å². The Morgan fingerprint density at radius 1 is 1.25 bits per heavy atom. The fourth-order valence-electron chi connectivity index (χ4n) is 1.50. The highest BCUT2D eigenvalue weighted by Gasteiger charge is 2.06. The average Bonchev–Trinajstić information content (AvgIpc) is 2.38. The van der Waals surface area contributed by atoms with Gasteiger partial charge in [-0.3, -0.25) is 0 Å². The average molecular weight is 317 g/mol. The van der Waals surface area contributed by atoms with E-state index >= 15 is 0 Å². The van der Waals surface area contributed by atoms with Gasteiger partial charge in [0.1, 0.15) is 0 Å². The highest BCUT2D eigenvalue weighted by molar-refractivity contribution is 7.89. The van der Waals surface area contributed by atoms with Crippen molar-refractivity contribution < 1.29 is 13.2 Å². The van der Waals surface area contributed by atoms with E-state index in [1.54, 1.807) is 19.2 Å². The predicted molar refractivity (Wildman–Crippen MR) is 82.0 cm³/mol. The number of thiocarbonyl (C=S) groups is 1. The largest absolute Gasteiger partial charge is 0.383 e. The number of hydrogen-bond donors (Lipinski definition) is 3. The van der Waals surface area contributed by atoms with Gasteiger partial charge in [-0.15, -0.1) is 0 Å². The molecule has 20 heavy (non-hydrogen) atoms. The molecule has 0 saturated carbocycles. The number of benzene rings is 1. The minimum atomic E-state index is -3.62. The van der Waals surface area contributed by atoms with Crippen LogP contribution in [0.15, 0.2) is 29.2 Å². The molecule has 0 atom stereocenters. The molecular formula is C12H19N3O3S2. The molecule has 0 bridgehead atoms. The molecule has 0 unspecified atom stereocenters. The molecule has 1 rings (SSSR count). The van der Waals surface area contributed by atoms with Crippen molar-refractivity contribution in [2.24, 2.45) is 5.14 Å². The molecule has 0 aromatic heterocycles. The van der Waals surface area contributed by atoms with Crippen molar-refractivity contribution >= 4 is 27.4 Å². The van der Waals surface area contributed by atoms with E-state index in [1.807, 2.05) is 0 Å². The lowest BCUT2D eigenvalue weighted by atomic mass is 10.1. The smallest absolute Gasteiger partial charge is 0.238 e. The minimum Gasteiger partial charge on any atom is -0.383 e. The van der Waals surface area contributed by atoms with Crippen LogP contribution in [0.4, 0.5) is 0 Å². The summed E-state index contributed by atoms with van der Waals surface area (Å²) in [5.74, 6) is 0. The first kappa shape index (κ1) is 16.8. The molecule has 0 spiro atoms. The van der Waals surface area contributed by atoms with Crippen LogP contribution in [-0.4, -0.2) is 40.3 Å². The molecule has 0 aliphatic rings. The molecule has 1 aromatic rings. The molecule has 0 saturated heterocycles. The zero-order valence-electron chi connectivity index (χ0n) is 11.3. The monoisotopic (exact) mass is 317 g/mol. The molecule has 8 heteroatoms. The lowest BCUT2D eigenvalue weighted by Crippen LogP contribution is -2.37. The molecule has 0 amide bonds. The third-order valence-corrected chi connectivity index (χ3v) is 3.76. The number of ether oxygens (including phenoxy) is 1. The fourth-order valence-corrected chi connectivity index (χ4v) is 2.21. The number of primary sulfonamides is 1. The molecule has 4 N–H and O–H groups in total. The number of hydrogen-bond acceptors (Lipinski definition) is 4. The summed E-state index contributed by atoms with van der Waals surface area (Å²) in [4.78, 5) is 0.117. The first-order valence-electron chi connectivity index (χ1n) is 6.06. The summed E-state index contributed by atoms with van der Waals surface area (Å²) < 4.78 is 27.1. The van der Waals surface area contributed by atoms with Crippen molar-refractivity contribution in [3.05, 3.63) is 29.8 Å². The Labute approximate surface area is 124 Å². The van der Waals surface area contributed by atoms with Crippen molar-refractivity contribution in [2.75, 3.05) is 26.8 Å². The highest BCUT2D eigenvalue weighted by Crippen LogP contribution is 2.08. The van der Waals surface area contributed by atoms with E-state index in [2.05, 4.69) is 10.6 Å². The van der Waals surface area contributed by atoms with Crippen LogP contribution in [0.2, 0.25) is 0 Å². The van der Waals surface area contributed by atoms with Crippen LogP contribution in [0.25, 0.3) is 0 Å². The number of nitrogens with two attached hydrogens (primary N) is 1. The van der Waals surface area contributed by atoms with Crippen molar-refractivity contribution in [2.45, 2.75) is 11.3 Å². The summed E-state index contributed by atoms with van der Waals surface area (Å²) in [6.45, 7) is 1.91. The Kier molecular flexibility index (Phi) is 6.86. The zero-order valence-corrected chi connectivity index (χ0v) is 12.9. The number of nitrogens with one attached hydrogen (secondary N) is 2. The Hall–Kier alpha value is -1.22. The fraction of sp³-hybridized carbons (Fsp3) is 0.417. The Balaban J connectivity index is 2.34. The second-order valence-electron chi connectivity index (χ2n) is 4.11. The van der Waals surface area contributed by atoms with Crippen LogP contribution in [0.5, 0.6) is 0 Å². The summed E-state index contributed by atoms with van der Waals surface area (Å²) in [6, 6.07) is 6.48. The molecule has 112 valence electrons. The van der Waals surface area contributed by atoms with Crippen molar-refractivity contribution in [3.8, 4) is 0 Å². The Bertz CT molecular complexity index is 529. The van der Waals surface area contributed by atoms with Crippen LogP contribution in [0, 0.1) is 0 Å². The molecule has 0 aliphatic heterocycles. The quantitative estimate of drug-likeness (QED) is 0.484. The lowest BCUT2D eigenvalue weighted by molar-refractivity contribution is 0.204. The van der Waals surface area contributed by atoms with E-state index in [4.69, 9.17) is 22.1 Å². The van der Waals surface area contributed by atoms with E-state index in [0.717, 1.165) is 12.0 Å². The molecule has 0 radical (unpaired) electrons. The Morgan fingerprint density at radius 2 is 1.85 bits per heavy atom. The maximum Gasteiger partial charge on any atom is 0.238 e.